The van der Waals surface area contributed by atoms with Crippen LogP contribution < -0.4 is 0 Å². The molecule has 0 saturated heterocycles. The van der Waals surface area contributed by atoms with E-state index in [1.807, 2.05) is 0 Å². The summed E-state index contributed by atoms with van der Waals surface area (Å²) in [7, 11) is 1.73. The van der Waals surface area contributed by atoms with Gasteiger partial charge in [0.1, 0.15) is 0 Å². The topological polar surface area (TPSA) is 9.23 Å². The van der Waals surface area contributed by atoms with Crippen molar-refractivity contribution >= 4 is 27.9 Å². The summed E-state index contributed by atoms with van der Waals surface area (Å²) in [4.78, 5) is 0. The molecule has 0 radical (unpaired) electrons. The molecule has 2 heteroatoms. The second-order valence-electron chi connectivity index (χ2n) is 1.28. The molecular weight excluding hydrogens is 75.0 g/mol. The molecule has 0 aromatic rings. The van der Waals surface area contributed by atoms with E-state index in [9.17, 15) is 0 Å². The zero-order valence-corrected chi connectivity index (χ0v) is 5.99. The fourth-order valence-electron chi connectivity index (χ4n) is 0. The Hall–Kier alpha value is 0.960. The quantitative estimate of drug-likeness (QED) is 0.409. The van der Waals surface area contributed by atoms with E-state index in [0.29, 0.717) is 3.35 Å². The average molecular weight is 82.1 g/mol. The predicted molar refractivity (Wildman–Crippen MR) is 22.2 cm³/mol. The first kappa shape index (κ1) is 5.96. The molecule has 0 aliphatic carbocycles. The monoisotopic (exact) mass is 82.0 g/mol. The van der Waals surface area contributed by atoms with Crippen LogP contribution in [-0.2, 0) is 4.74 Å². The molecule has 0 rings (SSSR count). The van der Waals surface area contributed by atoms with Crippen molar-refractivity contribution in [2.45, 2.75) is 10.3 Å². The Balaban J connectivity index is 2.54. The molecule has 0 N–H and O–H groups in total. The van der Waals surface area contributed by atoms with Crippen LogP contribution in [-0.4, -0.2) is 38.4 Å². The zero-order chi connectivity index (χ0) is 4.28. The van der Waals surface area contributed by atoms with Crippen molar-refractivity contribution in [2.75, 3.05) is 7.11 Å². The first-order chi connectivity index (χ1) is 2.27. The maximum absolute atomic E-state index is 4.81. The minimum absolute atomic E-state index is 0.523. The fourth-order valence-corrected chi connectivity index (χ4v) is 0. The molecule has 0 spiro atoms. The summed E-state index contributed by atoms with van der Waals surface area (Å²) in [6.45, 7) is 2.06. The van der Waals surface area contributed by atoms with Gasteiger partial charge < -0.3 is 0 Å². The Labute approximate surface area is 50.1 Å². The molecule has 0 amide bonds. The van der Waals surface area contributed by atoms with Crippen molar-refractivity contribution in [3.05, 3.63) is 0 Å². The fraction of sp³-hybridized carbons (Fsp3) is 1.00. The summed E-state index contributed by atoms with van der Waals surface area (Å²) in [5.74, 6) is 0. The van der Waals surface area contributed by atoms with Crippen LogP contribution in [0.25, 0.3) is 0 Å². The second kappa shape index (κ2) is 3.16. The summed E-state index contributed by atoms with van der Waals surface area (Å²) < 4.78 is 5.33. The van der Waals surface area contributed by atoms with Gasteiger partial charge in [0.05, 0.1) is 0 Å². The van der Waals surface area contributed by atoms with Gasteiger partial charge in [0.2, 0.25) is 0 Å². The Morgan fingerprint density at radius 1 is 1.80 bits per heavy atom. The van der Waals surface area contributed by atoms with E-state index >= 15 is 0 Å². The Kier molecular flexibility index (Phi) is 3.77. The van der Waals surface area contributed by atoms with E-state index in [-0.39, 0.29) is 0 Å². The summed E-state index contributed by atoms with van der Waals surface area (Å²) in [6, 6.07) is 0. The first-order valence-corrected chi connectivity index (χ1v) is 2.95. The van der Waals surface area contributed by atoms with Gasteiger partial charge in [-0.3, -0.25) is 0 Å². The molecule has 0 saturated carbocycles. The average Bonchev–Trinajstić information content (AvgIpc) is 1.38. The van der Waals surface area contributed by atoms with Crippen molar-refractivity contribution in [3.8, 4) is 0 Å². The molecule has 5 heavy (non-hydrogen) atoms. The molecule has 0 aromatic carbocycles. The van der Waals surface area contributed by atoms with Crippen LogP contribution in [0.15, 0.2) is 0 Å². The van der Waals surface area contributed by atoms with Crippen molar-refractivity contribution < 1.29 is 4.74 Å². The molecule has 1 nitrogen and oxygen atoms in total. The van der Waals surface area contributed by atoms with Gasteiger partial charge in [-0.2, -0.15) is 0 Å². The van der Waals surface area contributed by atoms with Gasteiger partial charge in [0.25, 0.3) is 0 Å². The van der Waals surface area contributed by atoms with Gasteiger partial charge in [-0.1, -0.05) is 0 Å². The third-order valence-corrected chi connectivity index (χ3v) is 0.943. The number of hydrogen-bond acceptors (Lipinski definition) is 1. The Morgan fingerprint density at radius 2 is 2.00 bits per heavy atom. The molecule has 0 heterocycles. The van der Waals surface area contributed by atoms with E-state index in [2.05, 4.69) is 6.92 Å². The molecule has 1 unspecified atom stereocenters. The van der Waals surface area contributed by atoms with Gasteiger partial charge in [0.15, 0.2) is 0 Å². The molecule has 1 atom stereocenters. The zero-order valence-electron chi connectivity index (χ0n) is 3.99. The molecule has 0 fully saturated rings. The van der Waals surface area contributed by atoms with Crippen LogP contribution in [0.1, 0.15) is 6.92 Å². The van der Waals surface area contributed by atoms with E-state index in [1.165, 1.54) is 0 Å². The summed E-state index contributed by atoms with van der Waals surface area (Å²) in [5, 5.41) is 0. The molecule has 26 valence electrons. The van der Waals surface area contributed by atoms with Gasteiger partial charge in [-0.15, -0.1) is 0 Å². The summed E-state index contributed by atoms with van der Waals surface area (Å²) in [6.07, 6.45) is 0. The molecule has 0 aliphatic rings. The van der Waals surface area contributed by atoms with E-state index < -0.39 is 0 Å². The van der Waals surface area contributed by atoms with Crippen LogP contribution in [0.3, 0.4) is 0 Å². The molecular formula is C3H7NaO. The van der Waals surface area contributed by atoms with Crippen molar-refractivity contribution in [2.24, 2.45) is 0 Å². The minimum atomic E-state index is 0.523. The van der Waals surface area contributed by atoms with Gasteiger partial charge >= 0.3 is 50.1 Å². The maximum atomic E-state index is 4.81. The van der Waals surface area contributed by atoms with Crippen molar-refractivity contribution in [1.29, 1.82) is 0 Å². The number of hydrogen-bond donors (Lipinski definition) is 0. The Bertz CT molecular complexity index is 20.9. The van der Waals surface area contributed by atoms with Crippen molar-refractivity contribution in [1.82, 2.24) is 0 Å². The van der Waals surface area contributed by atoms with Gasteiger partial charge in [0, 0.05) is 0 Å². The normalized spacial score (nSPS) is 15.2. The number of methoxy groups -OCH3 is 1. The molecule has 0 aliphatic heterocycles. The van der Waals surface area contributed by atoms with Gasteiger partial charge in [-0.05, 0) is 0 Å². The van der Waals surface area contributed by atoms with Crippen LogP contribution in [0.2, 0.25) is 0 Å². The van der Waals surface area contributed by atoms with Crippen molar-refractivity contribution in [3.63, 3.8) is 0 Å². The summed E-state index contributed by atoms with van der Waals surface area (Å²) in [5.41, 5.74) is 0. The number of ether oxygens (including phenoxy) is 1. The Morgan fingerprint density at radius 3 is 2.00 bits per heavy atom. The second-order valence-corrected chi connectivity index (χ2v) is 2.91. The van der Waals surface area contributed by atoms with E-state index in [0.717, 1.165) is 27.9 Å². The third kappa shape index (κ3) is 4.96. The third-order valence-electron chi connectivity index (χ3n) is 0.471. The van der Waals surface area contributed by atoms with Gasteiger partial charge in [-0.25, -0.2) is 0 Å². The van der Waals surface area contributed by atoms with Crippen LogP contribution >= 0.6 is 0 Å². The van der Waals surface area contributed by atoms with Crippen LogP contribution in [0, 0.1) is 0 Å². The molecule has 0 aromatic heterocycles. The van der Waals surface area contributed by atoms with E-state index in [4.69, 9.17) is 4.74 Å². The summed E-state index contributed by atoms with van der Waals surface area (Å²) >= 11 is 1.15. The SMILES string of the molecule is CO[CH](C)[Na]. The standard InChI is InChI=1S/C3H7O.Na/c1-3-4-2;/h3H,1-2H3;. The predicted octanol–water partition coefficient (Wildman–Crippen LogP) is 0.147. The van der Waals surface area contributed by atoms with Crippen LogP contribution in [0.4, 0.5) is 0 Å². The van der Waals surface area contributed by atoms with Crippen LogP contribution in [0.5, 0.6) is 0 Å². The number of rotatable bonds is 1. The van der Waals surface area contributed by atoms with E-state index in [1.54, 1.807) is 7.11 Å². The molecule has 0 bridgehead atoms. The first-order valence-electron chi connectivity index (χ1n) is 1.80.